The number of furan rings is 1. The fourth-order valence-corrected chi connectivity index (χ4v) is 7.60. The van der Waals surface area contributed by atoms with Crippen LogP contribution in [0.15, 0.2) is 156 Å². The van der Waals surface area contributed by atoms with Crippen LogP contribution in [0.25, 0.3) is 64.0 Å². The highest BCUT2D eigenvalue weighted by atomic mass is 32.1. The molecule has 202 valence electrons. The Kier molecular flexibility index (Phi) is 5.40. The van der Waals surface area contributed by atoms with Gasteiger partial charge in [0.25, 0.3) is 0 Å². The van der Waals surface area contributed by atoms with Gasteiger partial charge in [0, 0.05) is 42.0 Å². The van der Waals surface area contributed by atoms with Crippen molar-refractivity contribution in [1.82, 2.24) is 0 Å². The molecular formula is C40H25NOS. The van der Waals surface area contributed by atoms with E-state index in [2.05, 4.69) is 144 Å². The van der Waals surface area contributed by atoms with Crippen molar-refractivity contribution < 1.29 is 4.42 Å². The molecule has 0 aliphatic carbocycles. The van der Waals surface area contributed by atoms with Crippen molar-refractivity contribution in [2.45, 2.75) is 0 Å². The number of rotatable bonds is 4. The molecule has 0 atom stereocenters. The number of hydrogen-bond donors (Lipinski definition) is 0. The number of hydrogen-bond acceptors (Lipinski definition) is 3. The number of thiophene rings is 1. The Hall–Kier alpha value is -5.38. The third kappa shape index (κ3) is 3.79. The van der Waals surface area contributed by atoms with Gasteiger partial charge in [-0.15, -0.1) is 11.3 Å². The van der Waals surface area contributed by atoms with Crippen LogP contribution in [-0.2, 0) is 0 Å². The number of anilines is 3. The molecular weight excluding hydrogens is 543 g/mol. The maximum Gasteiger partial charge on any atom is 0.159 e. The molecule has 0 fully saturated rings. The van der Waals surface area contributed by atoms with E-state index >= 15 is 0 Å². The fraction of sp³-hybridized carbons (Fsp3) is 0. The molecule has 0 spiro atoms. The number of para-hydroxylation sites is 3. The van der Waals surface area contributed by atoms with E-state index in [4.69, 9.17) is 4.42 Å². The van der Waals surface area contributed by atoms with Crippen LogP contribution in [0, 0.1) is 0 Å². The van der Waals surface area contributed by atoms with Gasteiger partial charge in [0.2, 0.25) is 0 Å². The van der Waals surface area contributed by atoms with E-state index < -0.39 is 0 Å². The summed E-state index contributed by atoms with van der Waals surface area (Å²) >= 11 is 1.86. The molecule has 43 heavy (non-hydrogen) atoms. The largest absolute Gasteiger partial charge is 0.454 e. The van der Waals surface area contributed by atoms with Crippen molar-refractivity contribution in [2.75, 3.05) is 4.90 Å². The third-order valence-corrected chi connectivity index (χ3v) is 9.62. The first-order valence-electron chi connectivity index (χ1n) is 14.5. The normalized spacial score (nSPS) is 11.7. The van der Waals surface area contributed by atoms with Crippen LogP contribution >= 0.6 is 11.3 Å². The van der Waals surface area contributed by atoms with Crippen molar-refractivity contribution in [3.8, 4) is 11.1 Å². The number of nitrogens with zero attached hydrogens (tertiary/aromatic N) is 1. The van der Waals surface area contributed by atoms with Gasteiger partial charge in [-0.25, -0.2) is 0 Å². The van der Waals surface area contributed by atoms with Gasteiger partial charge in [-0.2, -0.15) is 0 Å². The summed E-state index contributed by atoms with van der Waals surface area (Å²) in [4.78, 5) is 2.34. The maximum atomic E-state index is 6.54. The molecule has 9 aromatic rings. The second kappa shape index (κ2) is 9.59. The molecule has 0 aliphatic rings. The zero-order chi connectivity index (χ0) is 28.3. The van der Waals surface area contributed by atoms with Crippen LogP contribution in [0.1, 0.15) is 0 Å². The predicted octanol–water partition coefficient (Wildman–Crippen LogP) is 12.2. The van der Waals surface area contributed by atoms with Crippen molar-refractivity contribution in [1.29, 1.82) is 0 Å². The van der Waals surface area contributed by atoms with Crippen molar-refractivity contribution >= 4 is 81.3 Å². The van der Waals surface area contributed by atoms with Gasteiger partial charge in [-0.05, 0) is 65.0 Å². The minimum atomic E-state index is 0.885. The molecule has 2 aromatic heterocycles. The summed E-state index contributed by atoms with van der Waals surface area (Å²) in [5, 5.41) is 7.28. The molecule has 0 N–H and O–H groups in total. The SMILES string of the molecule is c1ccc(N(c2ccc(-c3ccc4sc5ccccc5c4c3)c3ccccc23)c2cccc3c2oc2ccccc23)cc1. The van der Waals surface area contributed by atoms with Gasteiger partial charge >= 0.3 is 0 Å². The van der Waals surface area contributed by atoms with Crippen LogP contribution in [-0.4, -0.2) is 0 Å². The van der Waals surface area contributed by atoms with E-state index in [0.717, 1.165) is 39.0 Å². The average Bonchev–Trinajstić information content (AvgIpc) is 3.64. The summed E-state index contributed by atoms with van der Waals surface area (Å²) in [6.07, 6.45) is 0. The summed E-state index contributed by atoms with van der Waals surface area (Å²) in [6.45, 7) is 0. The van der Waals surface area contributed by atoms with E-state index in [1.807, 2.05) is 23.5 Å². The monoisotopic (exact) mass is 567 g/mol. The Morgan fingerprint density at radius 3 is 2.02 bits per heavy atom. The minimum absolute atomic E-state index is 0.885. The van der Waals surface area contributed by atoms with Gasteiger partial charge in [-0.3, -0.25) is 0 Å². The van der Waals surface area contributed by atoms with E-state index in [9.17, 15) is 0 Å². The highest BCUT2D eigenvalue weighted by Gasteiger charge is 2.21. The van der Waals surface area contributed by atoms with Crippen LogP contribution in [0.5, 0.6) is 0 Å². The molecule has 0 aliphatic heterocycles. The predicted molar refractivity (Wildman–Crippen MR) is 184 cm³/mol. The molecule has 0 saturated carbocycles. The first-order valence-corrected chi connectivity index (χ1v) is 15.3. The second-order valence-corrected chi connectivity index (χ2v) is 12.0. The Labute approximate surface area is 252 Å². The summed E-state index contributed by atoms with van der Waals surface area (Å²) in [5.41, 5.74) is 7.45. The summed E-state index contributed by atoms with van der Waals surface area (Å²) < 4.78 is 9.19. The fourth-order valence-electron chi connectivity index (χ4n) is 6.52. The lowest BCUT2D eigenvalue weighted by molar-refractivity contribution is 0.669. The van der Waals surface area contributed by atoms with Crippen LogP contribution in [0.2, 0.25) is 0 Å². The lowest BCUT2D eigenvalue weighted by Crippen LogP contribution is -2.10. The van der Waals surface area contributed by atoms with Gasteiger partial charge in [0.1, 0.15) is 5.58 Å². The van der Waals surface area contributed by atoms with Crippen molar-refractivity contribution in [3.63, 3.8) is 0 Å². The average molecular weight is 568 g/mol. The topological polar surface area (TPSA) is 16.4 Å². The molecule has 9 rings (SSSR count). The minimum Gasteiger partial charge on any atom is -0.454 e. The lowest BCUT2D eigenvalue weighted by atomic mass is 9.95. The summed E-state index contributed by atoms with van der Waals surface area (Å²) in [5.74, 6) is 0. The zero-order valence-corrected chi connectivity index (χ0v) is 24.0. The molecule has 2 nitrogen and oxygen atoms in total. The van der Waals surface area contributed by atoms with Crippen LogP contribution < -0.4 is 4.90 Å². The van der Waals surface area contributed by atoms with Gasteiger partial charge in [-0.1, -0.05) is 103 Å². The summed E-state index contributed by atoms with van der Waals surface area (Å²) in [6, 6.07) is 54.2. The van der Waals surface area contributed by atoms with Crippen LogP contribution in [0.3, 0.4) is 0 Å². The Morgan fingerprint density at radius 1 is 0.442 bits per heavy atom. The van der Waals surface area contributed by atoms with Gasteiger partial charge in [0.05, 0.1) is 11.4 Å². The third-order valence-electron chi connectivity index (χ3n) is 8.47. The lowest BCUT2D eigenvalue weighted by Gasteiger charge is -2.27. The summed E-state index contributed by atoms with van der Waals surface area (Å²) in [7, 11) is 0. The number of benzene rings is 7. The molecule has 3 heteroatoms. The molecule has 2 heterocycles. The standard InChI is InChI=1S/C40H25NOS/c1-2-11-27(12-3-1)41(36-18-10-17-33-31-15-6-8-19-37(31)42-40(33)36)35-23-22-28(29-13-4-5-14-30(29)35)26-21-24-39-34(25-26)32-16-7-9-20-38(32)43-39/h1-25H. The Morgan fingerprint density at radius 2 is 1.14 bits per heavy atom. The smallest absolute Gasteiger partial charge is 0.159 e. The quantitative estimate of drug-likeness (QED) is 0.210. The van der Waals surface area contributed by atoms with Crippen molar-refractivity contribution in [3.05, 3.63) is 152 Å². The van der Waals surface area contributed by atoms with Crippen LogP contribution in [0.4, 0.5) is 17.1 Å². The number of fused-ring (bicyclic) bond motifs is 7. The van der Waals surface area contributed by atoms with E-state index in [1.54, 1.807) is 0 Å². The zero-order valence-electron chi connectivity index (χ0n) is 23.2. The molecule has 7 aromatic carbocycles. The highest BCUT2D eigenvalue weighted by Crippen LogP contribution is 2.46. The van der Waals surface area contributed by atoms with E-state index in [-0.39, 0.29) is 0 Å². The molecule has 0 bridgehead atoms. The first kappa shape index (κ1) is 24.2. The second-order valence-electron chi connectivity index (χ2n) is 10.9. The van der Waals surface area contributed by atoms with Crippen molar-refractivity contribution in [2.24, 2.45) is 0 Å². The molecule has 0 saturated heterocycles. The highest BCUT2D eigenvalue weighted by molar-refractivity contribution is 7.25. The van der Waals surface area contributed by atoms with E-state index in [1.165, 1.54) is 42.1 Å². The van der Waals surface area contributed by atoms with Gasteiger partial charge in [0.15, 0.2) is 5.58 Å². The molecule has 0 unspecified atom stereocenters. The molecule has 0 radical (unpaired) electrons. The first-order chi connectivity index (χ1) is 21.3. The maximum absolute atomic E-state index is 6.54. The Bertz CT molecular complexity index is 2470. The van der Waals surface area contributed by atoms with Gasteiger partial charge < -0.3 is 9.32 Å². The Balaban J connectivity index is 1.29. The van der Waals surface area contributed by atoms with E-state index in [0.29, 0.717) is 0 Å². The molecule has 0 amide bonds.